The van der Waals surface area contributed by atoms with Gasteiger partial charge in [0, 0.05) is 21.2 Å². The molecular weight excluding hydrogens is 442 g/mol. The number of likely N-dealkylation sites (tertiary alicyclic amines) is 1. The van der Waals surface area contributed by atoms with Crippen molar-refractivity contribution in [3.63, 3.8) is 0 Å². The quantitative estimate of drug-likeness (QED) is 0.233. The molecule has 1 aliphatic rings. The minimum atomic E-state index is -2.17. The van der Waals surface area contributed by atoms with Crippen LogP contribution in [0.1, 0.15) is 48.0 Å². The number of nitrogens with zero attached hydrogens (tertiary/aromatic N) is 1. The van der Waals surface area contributed by atoms with E-state index in [9.17, 15) is 9.90 Å². The Balaban J connectivity index is 2.89. The Kier molecular flexibility index (Phi) is 11.9. The second kappa shape index (κ2) is 12.9. The Morgan fingerprint density at radius 1 is 1.03 bits per heavy atom. The molecule has 7 nitrogen and oxygen atoms in total. The summed E-state index contributed by atoms with van der Waals surface area (Å²) in [6, 6.07) is 0.541. The first-order valence-corrected chi connectivity index (χ1v) is 18.0. The van der Waals surface area contributed by atoms with Crippen molar-refractivity contribution in [3.8, 4) is 0 Å². The molecule has 3 atom stereocenters. The largest absolute Gasteiger partial charge is 0.453 e. The van der Waals surface area contributed by atoms with Crippen molar-refractivity contribution in [1.82, 2.24) is 4.90 Å². The molecule has 1 N–H and O–H groups in total. The van der Waals surface area contributed by atoms with Gasteiger partial charge in [0.25, 0.3) is 0 Å². The van der Waals surface area contributed by atoms with Crippen LogP contribution in [0.3, 0.4) is 0 Å². The van der Waals surface area contributed by atoms with Gasteiger partial charge in [0.05, 0.1) is 25.9 Å². The first-order chi connectivity index (χ1) is 14.8. The van der Waals surface area contributed by atoms with E-state index in [0.717, 1.165) is 6.04 Å². The van der Waals surface area contributed by atoms with Crippen LogP contribution in [-0.2, 0) is 18.6 Å². The Morgan fingerprint density at radius 3 is 2.06 bits per heavy atom. The average molecular weight is 492 g/mol. The maximum Gasteiger partial charge on any atom is 0.409 e. The molecule has 32 heavy (non-hydrogen) atoms. The van der Waals surface area contributed by atoms with Gasteiger partial charge in [0.15, 0.2) is 0 Å². The van der Waals surface area contributed by atoms with Crippen LogP contribution in [0.15, 0.2) is 0 Å². The monoisotopic (exact) mass is 491 g/mol. The topological polar surface area (TPSA) is 77.5 Å². The molecular formula is C23H49NO6Si2. The molecule has 0 bridgehead atoms. The number of hydrogen-bond donors (Lipinski definition) is 1. The molecule has 0 aliphatic carbocycles. The van der Waals surface area contributed by atoms with Gasteiger partial charge in [-0.15, -0.1) is 0 Å². The number of carbonyl (C=O) groups excluding carboxylic acids is 1. The lowest BCUT2D eigenvalue weighted by Gasteiger charge is -2.49. The number of methoxy groups -OCH3 is 1. The molecule has 1 aliphatic heterocycles. The van der Waals surface area contributed by atoms with Crippen molar-refractivity contribution in [2.75, 3.05) is 33.7 Å². The number of carbonyl (C=O) groups is 1. The zero-order chi connectivity index (χ0) is 24.7. The molecule has 0 aromatic rings. The third kappa shape index (κ3) is 7.80. The van der Waals surface area contributed by atoms with Gasteiger partial charge < -0.3 is 28.6 Å². The SMILES string of the molecule is COC(=O)N1CC[C@H](O[Si](C(C)C)(C(C)C)C(C)C)[C@@H](O)[C@@H]1COCOCC[Si](C)(C)C. The van der Waals surface area contributed by atoms with E-state index in [0.29, 0.717) is 36.2 Å². The van der Waals surface area contributed by atoms with Gasteiger partial charge in [0.2, 0.25) is 8.32 Å². The average Bonchev–Trinajstić information content (AvgIpc) is 2.68. The van der Waals surface area contributed by atoms with Gasteiger partial charge in [-0.3, -0.25) is 0 Å². The van der Waals surface area contributed by atoms with Gasteiger partial charge in [-0.25, -0.2) is 4.79 Å². The lowest BCUT2D eigenvalue weighted by atomic mass is 9.97. The van der Waals surface area contributed by atoms with Crippen LogP contribution in [0.4, 0.5) is 4.79 Å². The zero-order valence-corrected chi connectivity index (χ0v) is 24.1. The van der Waals surface area contributed by atoms with E-state index in [1.165, 1.54) is 7.11 Å². The van der Waals surface area contributed by atoms with Crippen molar-refractivity contribution in [1.29, 1.82) is 0 Å². The number of amides is 1. The first-order valence-electron chi connectivity index (χ1n) is 12.1. The molecule has 1 heterocycles. The lowest BCUT2D eigenvalue weighted by molar-refractivity contribution is -0.115. The standard InChI is InChI=1S/C23H49NO6Si2/c1-17(2)32(18(3)4,19(5)6)30-21-11-12-24(23(26)27-7)20(22(21)25)15-29-16-28-13-14-31(8,9)10/h17-22,25H,11-16H2,1-10H3/t20-,21-,22-/m0/s1. The second-order valence-corrected chi connectivity index (χ2v) is 22.2. The van der Waals surface area contributed by atoms with Crippen LogP contribution in [0, 0.1) is 0 Å². The minimum absolute atomic E-state index is 0.150. The van der Waals surface area contributed by atoms with Gasteiger partial charge in [-0.05, 0) is 29.1 Å². The van der Waals surface area contributed by atoms with Crippen molar-refractivity contribution < 1.29 is 28.5 Å². The van der Waals surface area contributed by atoms with E-state index < -0.39 is 34.6 Å². The molecule has 1 amide bonds. The highest BCUT2D eigenvalue weighted by Gasteiger charge is 2.50. The van der Waals surface area contributed by atoms with Crippen molar-refractivity contribution in [2.24, 2.45) is 0 Å². The highest BCUT2D eigenvalue weighted by molar-refractivity contribution is 6.77. The number of piperidine rings is 1. The maximum atomic E-state index is 12.4. The number of aliphatic hydroxyl groups excluding tert-OH is 1. The molecule has 190 valence electrons. The molecule has 0 saturated carbocycles. The number of ether oxygens (including phenoxy) is 3. The molecule has 1 saturated heterocycles. The van der Waals surface area contributed by atoms with E-state index in [1.54, 1.807) is 4.90 Å². The Bertz CT molecular complexity index is 545. The third-order valence-corrected chi connectivity index (χ3v) is 14.6. The molecule has 1 rings (SSSR count). The van der Waals surface area contributed by atoms with Crippen LogP contribution < -0.4 is 0 Å². The fourth-order valence-corrected chi connectivity index (χ4v) is 11.4. The van der Waals surface area contributed by atoms with E-state index in [4.69, 9.17) is 18.6 Å². The summed E-state index contributed by atoms with van der Waals surface area (Å²) in [6.07, 6.45) is -1.03. The Morgan fingerprint density at radius 2 is 1.59 bits per heavy atom. The summed E-state index contributed by atoms with van der Waals surface area (Å²) in [7, 11) is -1.96. The van der Waals surface area contributed by atoms with E-state index in [1.807, 2.05) is 0 Å². The summed E-state index contributed by atoms with van der Waals surface area (Å²) in [4.78, 5) is 13.9. The molecule has 9 heteroatoms. The van der Waals surface area contributed by atoms with E-state index in [-0.39, 0.29) is 19.5 Å². The van der Waals surface area contributed by atoms with Crippen LogP contribution in [0.5, 0.6) is 0 Å². The minimum Gasteiger partial charge on any atom is -0.453 e. The van der Waals surface area contributed by atoms with Crippen molar-refractivity contribution in [3.05, 3.63) is 0 Å². The summed E-state index contributed by atoms with van der Waals surface area (Å²) < 4.78 is 23.2. The smallest absolute Gasteiger partial charge is 0.409 e. The molecule has 0 spiro atoms. The summed E-state index contributed by atoms with van der Waals surface area (Å²) in [5, 5.41) is 11.3. The second-order valence-electron chi connectivity index (χ2n) is 11.2. The number of hydrogen-bond acceptors (Lipinski definition) is 6. The van der Waals surface area contributed by atoms with Gasteiger partial charge in [0.1, 0.15) is 12.9 Å². The first kappa shape index (κ1) is 29.6. The van der Waals surface area contributed by atoms with E-state index >= 15 is 0 Å². The lowest BCUT2D eigenvalue weighted by Crippen LogP contribution is -2.62. The molecule has 0 radical (unpaired) electrons. The Hall–Kier alpha value is -0.456. The van der Waals surface area contributed by atoms with Crippen LogP contribution in [0.25, 0.3) is 0 Å². The van der Waals surface area contributed by atoms with Crippen molar-refractivity contribution >= 4 is 22.5 Å². The molecule has 0 aromatic heterocycles. The molecule has 0 unspecified atom stereocenters. The summed E-state index contributed by atoms with van der Waals surface area (Å²) in [6.45, 7) is 21.8. The summed E-state index contributed by atoms with van der Waals surface area (Å²) in [5.41, 5.74) is 1.26. The summed E-state index contributed by atoms with van der Waals surface area (Å²) >= 11 is 0. The van der Waals surface area contributed by atoms with Crippen LogP contribution in [-0.4, -0.2) is 84.4 Å². The number of aliphatic hydroxyl groups is 1. The molecule has 1 fully saturated rings. The fourth-order valence-electron chi connectivity index (χ4n) is 5.03. The van der Waals surface area contributed by atoms with Gasteiger partial charge in [-0.2, -0.15) is 0 Å². The Labute approximate surface area is 198 Å². The maximum absolute atomic E-state index is 12.4. The predicted molar refractivity (Wildman–Crippen MR) is 134 cm³/mol. The highest BCUT2D eigenvalue weighted by Crippen LogP contribution is 2.44. The molecule has 0 aromatic carbocycles. The normalized spacial score (nSPS) is 22.8. The fraction of sp³-hybridized carbons (Fsp3) is 0.957. The number of rotatable bonds is 12. The van der Waals surface area contributed by atoms with Gasteiger partial charge >= 0.3 is 6.09 Å². The van der Waals surface area contributed by atoms with Gasteiger partial charge in [-0.1, -0.05) is 61.2 Å². The van der Waals surface area contributed by atoms with Crippen molar-refractivity contribution in [2.45, 2.75) is 109 Å². The predicted octanol–water partition coefficient (Wildman–Crippen LogP) is 5.08. The third-order valence-electron chi connectivity index (χ3n) is 6.75. The highest BCUT2D eigenvalue weighted by atomic mass is 28.4. The summed E-state index contributed by atoms with van der Waals surface area (Å²) in [5.74, 6) is 0. The zero-order valence-electron chi connectivity index (χ0n) is 22.1. The van der Waals surface area contributed by atoms with E-state index in [2.05, 4.69) is 61.2 Å². The van der Waals surface area contributed by atoms with Crippen LogP contribution in [0.2, 0.25) is 42.3 Å². The van der Waals surface area contributed by atoms with Crippen LogP contribution >= 0.6 is 0 Å².